The van der Waals surface area contributed by atoms with Crippen LogP contribution in [0.2, 0.25) is 0 Å². The number of carbonyl (C=O) groups is 2. The van der Waals surface area contributed by atoms with Gasteiger partial charge < -0.3 is 15.3 Å². The molecule has 0 spiro atoms. The van der Waals surface area contributed by atoms with Crippen LogP contribution >= 0.6 is 0 Å². The number of amides is 2. The highest BCUT2D eigenvalue weighted by atomic mass is 16.3. The lowest BCUT2D eigenvalue weighted by Gasteiger charge is -2.10. The molecule has 0 aliphatic carbocycles. The first-order valence-corrected chi connectivity index (χ1v) is 5.87. The van der Waals surface area contributed by atoms with Crippen molar-refractivity contribution in [3.8, 4) is 0 Å². The Kier molecular flexibility index (Phi) is 3.62. The van der Waals surface area contributed by atoms with E-state index in [0.717, 1.165) is 16.8 Å². The second-order valence-electron chi connectivity index (χ2n) is 4.34. The lowest BCUT2D eigenvalue weighted by Crippen LogP contribution is -2.23. The topological polar surface area (TPSA) is 69.6 Å². The van der Waals surface area contributed by atoms with Crippen LogP contribution in [0.15, 0.2) is 18.2 Å². The van der Waals surface area contributed by atoms with E-state index in [1.165, 1.54) is 0 Å². The summed E-state index contributed by atoms with van der Waals surface area (Å²) in [4.78, 5) is 24.4. The predicted octanol–water partition coefficient (Wildman–Crippen LogP) is 0.204. The van der Waals surface area contributed by atoms with Gasteiger partial charge in [0.2, 0.25) is 11.8 Å². The van der Waals surface area contributed by atoms with E-state index in [1.807, 2.05) is 18.2 Å². The molecule has 0 aromatic heterocycles. The van der Waals surface area contributed by atoms with Gasteiger partial charge in [-0.05, 0) is 17.2 Å². The number of aliphatic hydroxyl groups excluding tert-OH is 1. The highest BCUT2D eigenvalue weighted by Gasteiger charge is 2.23. The zero-order valence-corrected chi connectivity index (χ0v) is 10.3. The summed E-state index contributed by atoms with van der Waals surface area (Å²) in [6.45, 7) is 0.277. The molecule has 0 saturated carbocycles. The number of carbonyl (C=O) groups excluding carboxylic acids is 2. The second-order valence-corrected chi connectivity index (χ2v) is 4.34. The minimum absolute atomic E-state index is 0.0893. The molecule has 5 heteroatoms. The number of aliphatic hydroxyl groups is 1. The number of fused-ring (bicyclic) bond motifs is 1. The quantitative estimate of drug-likeness (QED) is 0.800. The van der Waals surface area contributed by atoms with E-state index in [1.54, 1.807) is 11.9 Å². The van der Waals surface area contributed by atoms with Gasteiger partial charge in [-0.25, -0.2) is 0 Å². The van der Waals surface area contributed by atoms with Crippen molar-refractivity contribution in [2.45, 2.75) is 19.4 Å². The Morgan fingerprint density at radius 1 is 1.50 bits per heavy atom. The maximum Gasteiger partial charge on any atom is 0.231 e. The normalized spacial score (nSPS) is 13.7. The van der Waals surface area contributed by atoms with Gasteiger partial charge >= 0.3 is 0 Å². The third-order valence-corrected chi connectivity index (χ3v) is 3.05. The maximum absolute atomic E-state index is 11.5. The monoisotopic (exact) mass is 248 g/mol. The Hall–Kier alpha value is -1.88. The van der Waals surface area contributed by atoms with Gasteiger partial charge in [0.15, 0.2) is 0 Å². The average molecular weight is 248 g/mol. The Morgan fingerprint density at radius 2 is 2.28 bits per heavy atom. The molecule has 0 fully saturated rings. The minimum atomic E-state index is -0.175. The lowest BCUT2D eigenvalue weighted by atomic mass is 10.1. The van der Waals surface area contributed by atoms with E-state index >= 15 is 0 Å². The number of hydrogen-bond acceptors (Lipinski definition) is 3. The Labute approximate surface area is 105 Å². The van der Waals surface area contributed by atoms with Gasteiger partial charge in [-0.1, -0.05) is 12.1 Å². The molecule has 1 heterocycles. The van der Waals surface area contributed by atoms with Gasteiger partial charge in [0.25, 0.3) is 0 Å². The van der Waals surface area contributed by atoms with Crippen molar-refractivity contribution in [3.05, 3.63) is 29.3 Å². The van der Waals surface area contributed by atoms with Crippen molar-refractivity contribution in [3.63, 3.8) is 0 Å². The highest BCUT2D eigenvalue weighted by Crippen LogP contribution is 2.28. The van der Waals surface area contributed by atoms with Gasteiger partial charge in [0, 0.05) is 25.7 Å². The molecule has 1 aromatic rings. The highest BCUT2D eigenvalue weighted by molar-refractivity contribution is 6.00. The minimum Gasteiger partial charge on any atom is -0.396 e. The van der Waals surface area contributed by atoms with Crippen molar-refractivity contribution >= 4 is 17.5 Å². The van der Waals surface area contributed by atoms with E-state index in [4.69, 9.17) is 5.11 Å². The molecule has 18 heavy (non-hydrogen) atoms. The number of anilines is 1. The largest absolute Gasteiger partial charge is 0.396 e. The molecule has 0 atom stereocenters. The number of rotatable bonds is 4. The number of nitrogens with one attached hydrogen (secondary N) is 1. The van der Waals surface area contributed by atoms with Crippen LogP contribution in [0.3, 0.4) is 0 Å². The summed E-state index contributed by atoms with van der Waals surface area (Å²) >= 11 is 0. The molecular weight excluding hydrogens is 232 g/mol. The maximum atomic E-state index is 11.5. The first-order chi connectivity index (χ1) is 8.61. The second kappa shape index (κ2) is 5.18. The van der Waals surface area contributed by atoms with Crippen molar-refractivity contribution in [1.82, 2.24) is 5.32 Å². The number of likely N-dealkylation sites (N-methyl/N-ethyl adjacent to an activating group) is 1. The first-order valence-electron chi connectivity index (χ1n) is 5.87. The van der Waals surface area contributed by atoms with Gasteiger partial charge in [0.05, 0.1) is 13.0 Å². The summed E-state index contributed by atoms with van der Waals surface area (Å²) in [5.74, 6) is -0.0855. The zero-order valence-electron chi connectivity index (χ0n) is 10.3. The number of hydrogen-bond donors (Lipinski definition) is 2. The van der Waals surface area contributed by atoms with Crippen molar-refractivity contribution in [2.75, 3.05) is 18.6 Å². The molecule has 1 aliphatic heterocycles. The Balaban J connectivity index is 2.03. The fourth-order valence-corrected chi connectivity index (χ4v) is 2.02. The van der Waals surface area contributed by atoms with Crippen LogP contribution < -0.4 is 10.2 Å². The summed E-state index contributed by atoms with van der Waals surface area (Å²) in [7, 11) is 1.76. The van der Waals surface area contributed by atoms with Crippen LogP contribution in [0.1, 0.15) is 17.5 Å². The van der Waals surface area contributed by atoms with E-state index in [2.05, 4.69) is 5.32 Å². The van der Waals surface area contributed by atoms with Crippen molar-refractivity contribution in [1.29, 1.82) is 0 Å². The van der Waals surface area contributed by atoms with Gasteiger partial charge in [-0.2, -0.15) is 0 Å². The predicted molar refractivity (Wildman–Crippen MR) is 67.1 cm³/mol. The molecule has 0 bridgehead atoms. The average Bonchev–Trinajstić information content (AvgIpc) is 2.63. The molecule has 1 aromatic carbocycles. The molecule has 2 N–H and O–H groups in total. The van der Waals surface area contributed by atoms with E-state index < -0.39 is 0 Å². The van der Waals surface area contributed by atoms with Crippen LogP contribution in [-0.2, 0) is 22.6 Å². The van der Waals surface area contributed by atoms with Crippen LogP contribution in [0.25, 0.3) is 0 Å². The van der Waals surface area contributed by atoms with E-state index in [9.17, 15) is 9.59 Å². The SMILES string of the molecule is CN1C(=O)Cc2cc(CNC(=O)CCO)ccc21. The molecule has 2 amide bonds. The molecule has 0 radical (unpaired) electrons. The van der Waals surface area contributed by atoms with Gasteiger partial charge in [0.1, 0.15) is 0 Å². The van der Waals surface area contributed by atoms with Crippen molar-refractivity contribution in [2.24, 2.45) is 0 Å². The lowest BCUT2D eigenvalue weighted by molar-refractivity contribution is -0.122. The van der Waals surface area contributed by atoms with Crippen molar-refractivity contribution < 1.29 is 14.7 Å². The van der Waals surface area contributed by atoms with E-state index in [-0.39, 0.29) is 24.8 Å². The zero-order chi connectivity index (χ0) is 13.1. The standard InChI is InChI=1S/C13H16N2O3/c1-15-11-3-2-9(6-10(11)7-13(15)18)8-14-12(17)4-5-16/h2-3,6,16H,4-5,7-8H2,1H3,(H,14,17). The van der Waals surface area contributed by atoms with Crippen LogP contribution in [0, 0.1) is 0 Å². The molecule has 96 valence electrons. The first kappa shape index (κ1) is 12.6. The number of benzene rings is 1. The third kappa shape index (κ3) is 2.51. The smallest absolute Gasteiger partial charge is 0.231 e. The van der Waals surface area contributed by atoms with Gasteiger partial charge in [-0.3, -0.25) is 9.59 Å². The number of nitrogens with zero attached hydrogens (tertiary/aromatic N) is 1. The third-order valence-electron chi connectivity index (χ3n) is 3.05. The summed E-state index contributed by atoms with van der Waals surface area (Å²) in [5.41, 5.74) is 2.89. The molecule has 5 nitrogen and oxygen atoms in total. The van der Waals surface area contributed by atoms with Crippen LogP contribution in [0.4, 0.5) is 5.69 Å². The van der Waals surface area contributed by atoms with Gasteiger partial charge in [-0.15, -0.1) is 0 Å². The van der Waals surface area contributed by atoms with E-state index in [0.29, 0.717) is 13.0 Å². The molecule has 1 aliphatic rings. The summed E-state index contributed by atoms with van der Waals surface area (Å²) < 4.78 is 0. The molecule has 0 saturated heterocycles. The summed E-state index contributed by atoms with van der Waals surface area (Å²) in [6, 6.07) is 5.73. The van der Waals surface area contributed by atoms with Crippen LogP contribution in [-0.4, -0.2) is 30.6 Å². The fraction of sp³-hybridized carbons (Fsp3) is 0.385. The summed E-state index contributed by atoms with van der Waals surface area (Å²) in [6.07, 6.45) is 0.538. The fourth-order valence-electron chi connectivity index (χ4n) is 2.02. The molecular formula is C13H16N2O3. The summed E-state index contributed by atoms with van der Waals surface area (Å²) in [5, 5.41) is 11.3. The Morgan fingerprint density at radius 3 is 3.00 bits per heavy atom. The Bertz CT molecular complexity index is 485. The van der Waals surface area contributed by atoms with Crippen LogP contribution in [0.5, 0.6) is 0 Å². The molecule has 2 rings (SSSR count). The molecule has 0 unspecified atom stereocenters.